The quantitative estimate of drug-likeness (QED) is 0.733. The SMILES string of the molecule is CSCCC(=O)c1cccc(C)c1Cl. The molecule has 14 heavy (non-hydrogen) atoms. The maximum absolute atomic E-state index is 11.7. The van der Waals surface area contributed by atoms with Gasteiger partial charge in [-0.2, -0.15) is 11.8 Å². The fraction of sp³-hybridized carbons (Fsp3) is 0.364. The highest BCUT2D eigenvalue weighted by atomic mass is 35.5. The van der Waals surface area contributed by atoms with Gasteiger partial charge in [0, 0.05) is 17.7 Å². The molecule has 0 heterocycles. The predicted octanol–water partition coefficient (Wildman–Crippen LogP) is 3.58. The highest BCUT2D eigenvalue weighted by Gasteiger charge is 2.10. The zero-order chi connectivity index (χ0) is 10.6. The first-order chi connectivity index (χ1) is 6.66. The van der Waals surface area contributed by atoms with Crippen LogP contribution < -0.4 is 0 Å². The Labute approximate surface area is 93.8 Å². The second kappa shape index (κ2) is 5.42. The van der Waals surface area contributed by atoms with E-state index in [0.717, 1.165) is 11.3 Å². The minimum atomic E-state index is 0.132. The number of Topliss-reactive ketones (excluding diaryl/α,β-unsaturated/α-hetero) is 1. The molecule has 0 atom stereocenters. The number of hydrogen-bond donors (Lipinski definition) is 0. The number of ketones is 1. The molecule has 0 amide bonds. The Morgan fingerprint density at radius 1 is 1.50 bits per heavy atom. The van der Waals surface area contributed by atoms with Gasteiger partial charge in [-0.3, -0.25) is 4.79 Å². The van der Waals surface area contributed by atoms with Crippen molar-refractivity contribution in [3.05, 3.63) is 34.3 Å². The van der Waals surface area contributed by atoms with E-state index in [4.69, 9.17) is 11.6 Å². The number of benzene rings is 1. The first kappa shape index (κ1) is 11.6. The lowest BCUT2D eigenvalue weighted by molar-refractivity contribution is 0.0989. The Hall–Kier alpha value is -0.470. The van der Waals surface area contributed by atoms with Crippen molar-refractivity contribution in [1.82, 2.24) is 0 Å². The lowest BCUT2D eigenvalue weighted by atomic mass is 10.1. The van der Waals surface area contributed by atoms with Crippen LogP contribution in [0.2, 0.25) is 5.02 Å². The molecule has 0 spiro atoms. The van der Waals surface area contributed by atoms with Gasteiger partial charge >= 0.3 is 0 Å². The van der Waals surface area contributed by atoms with Crippen molar-refractivity contribution in [3.8, 4) is 0 Å². The van der Waals surface area contributed by atoms with Gasteiger partial charge in [0.15, 0.2) is 5.78 Å². The molecule has 0 N–H and O–H groups in total. The molecular formula is C11H13ClOS. The fourth-order valence-electron chi connectivity index (χ4n) is 1.19. The lowest BCUT2D eigenvalue weighted by Crippen LogP contribution is -2.02. The van der Waals surface area contributed by atoms with Crippen LogP contribution in [0.3, 0.4) is 0 Å². The van der Waals surface area contributed by atoms with Gasteiger partial charge in [-0.1, -0.05) is 23.7 Å². The molecule has 0 bridgehead atoms. The van der Waals surface area contributed by atoms with Crippen LogP contribution in [-0.2, 0) is 0 Å². The van der Waals surface area contributed by atoms with E-state index >= 15 is 0 Å². The van der Waals surface area contributed by atoms with E-state index < -0.39 is 0 Å². The molecule has 0 aliphatic rings. The maximum Gasteiger partial charge on any atom is 0.165 e. The number of carbonyl (C=O) groups excluding carboxylic acids is 1. The van der Waals surface area contributed by atoms with E-state index in [0.29, 0.717) is 17.0 Å². The first-order valence-corrected chi connectivity index (χ1v) is 6.21. The molecule has 1 aromatic carbocycles. The second-order valence-electron chi connectivity index (χ2n) is 3.10. The number of thioether (sulfide) groups is 1. The Morgan fingerprint density at radius 2 is 2.21 bits per heavy atom. The number of rotatable bonds is 4. The van der Waals surface area contributed by atoms with Gasteiger partial charge < -0.3 is 0 Å². The van der Waals surface area contributed by atoms with Crippen LogP contribution in [0, 0.1) is 6.92 Å². The van der Waals surface area contributed by atoms with Crippen molar-refractivity contribution < 1.29 is 4.79 Å². The summed E-state index contributed by atoms with van der Waals surface area (Å²) in [5.41, 5.74) is 1.61. The van der Waals surface area contributed by atoms with Crippen LogP contribution in [-0.4, -0.2) is 17.8 Å². The molecule has 0 saturated heterocycles. The van der Waals surface area contributed by atoms with Gasteiger partial charge in [-0.05, 0) is 24.8 Å². The molecule has 0 unspecified atom stereocenters. The Morgan fingerprint density at radius 3 is 2.86 bits per heavy atom. The van der Waals surface area contributed by atoms with Crippen LogP contribution in [0.15, 0.2) is 18.2 Å². The standard InChI is InChI=1S/C11H13ClOS/c1-8-4-3-5-9(11(8)12)10(13)6-7-14-2/h3-5H,6-7H2,1-2H3. The van der Waals surface area contributed by atoms with Gasteiger partial charge in [-0.15, -0.1) is 0 Å². The first-order valence-electron chi connectivity index (χ1n) is 4.44. The highest BCUT2D eigenvalue weighted by Crippen LogP contribution is 2.21. The summed E-state index contributed by atoms with van der Waals surface area (Å²) in [7, 11) is 0. The fourth-order valence-corrected chi connectivity index (χ4v) is 1.81. The second-order valence-corrected chi connectivity index (χ2v) is 4.47. The van der Waals surface area contributed by atoms with Gasteiger partial charge in [0.05, 0.1) is 5.02 Å². The number of aryl methyl sites for hydroxylation is 1. The van der Waals surface area contributed by atoms with Crippen molar-refractivity contribution in [2.45, 2.75) is 13.3 Å². The van der Waals surface area contributed by atoms with Crippen molar-refractivity contribution in [1.29, 1.82) is 0 Å². The zero-order valence-corrected chi connectivity index (χ0v) is 9.91. The number of carbonyl (C=O) groups is 1. The van der Waals surface area contributed by atoms with Crippen LogP contribution in [0.4, 0.5) is 0 Å². The third-order valence-electron chi connectivity index (χ3n) is 2.03. The summed E-state index contributed by atoms with van der Waals surface area (Å²) in [4.78, 5) is 11.7. The summed E-state index contributed by atoms with van der Waals surface area (Å²) >= 11 is 7.71. The van der Waals surface area contributed by atoms with Crippen LogP contribution in [0.5, 0.6) is 0 Å². The maximum atomic E-state index is 11.7. The van der Waals surface area contributed by atoms with Crippen LogP contribution in [0.25, 0.3) is 0 Å². The molecule has 0 radical (unpaired) electrons. The van der Waals surface area contributed by atoms with E-state index in [9.17, 15) is 4.79 Å². The average Bonchev–Trinajstić information content (AvgIpc) is 2.18. The minimum Gasteiger partial charge on any atom is -0.294 e. The molecule has 3 heteroatoms. The minimum absolute atomic E-state index is 0.132. The lowest BCUT2D eigenvalue weighted by Gasteiger charge is -2.04. The summed E-state index contributed by atoms with van der Waals surface area (Å²) in [6.07, 6.45) is 2.55. The molecule has 1 aromatic rings. The van der Waals surface area contributed by atoms with E-state index in [1.165, 1.54) is 0 Å². The number of halogens is 1. The molecule has 0 aliphatic heterocycles. The molecule has 76 valence electrons. The van der Waals surface area contributed by atoms with E-state index in [1.807, 2.05) is 25.3 Å². The average molecular weight is 229 g/mol. The molecule has 1 nitrogen and oxygen atoms in total. The third-order valence-corrected chi connectivity index (χ3v) is 3.14. The Bertz CT molecular complexity index is 336. The predicted molar refractivity (Wildman–Crippen MR) is 63.5 cm³/mol. The molecule has 0 fully saturated rings. The van der Waals surface area contributed by atoms with Crippen molar-refractivity contribution in [2.24, 2.45) is 0 Å². The van der Waals surface area contributed by atoms with Gasteiger partial charge in [0.2, 0.25) is 0 Å². The van der Waals surface area contributed by atoms with Crippen molar-refractivity contribution in [2.75, 3.05) is 12.0 Å². The molecule has 0 aliphatic carbocycles. The summed E-state index contributed by atoms with van der Waals surface area (Å²) in [5.74, 6) is 0.983. The monoisotopic (exact) mass is 228 g/mol. The van der Waals surface area contributed by atoms with E-state index in [2.05, 4.69) is 0 Å². The summed E-state index contributed by atoms with van der Waals surface area (Å²) < 4.78 is 0. The molecule has 1 rings (SSSR count). The Balaban J connectivity index is 2.84. The smallest absolute Gasteiger partial charge is 0.165 e. The van der Waals surface area contributed by atoms with Gasteiger partial charge in [0.25, 0.3) is 0 Å². The van der Waals surface area contributed by atoms with Crippen LogP contribution >= 0.6 is 23.4 Å². The molecule has 0 aromatic heterocycles. The summed E-state index contributed by atoms with van der Waals surface area (Å²) in [6, 6.07) is 5.57. The normalized spacial score (nSPS) is 10.2. The van der Waals surface area contributed by atoms with E-state index in [-0.39, 0.29) is 5.78 Å². The van der Waals surface area contributed by atoms with Gasteiger partial charge in [-0.25, -0.2) is 0 Å². The topological polar surface area (TPSA) is 17.1 Å². The van der Waals surface area contributed by atoms with Crippen LogP contribution in [0.1, 0.15) is 22.3 Å². The third kappa shape index (κ3) is 2.76. The summed E-state index contributed by atoms with van der Waals surface area (Å²) in [5, 5.41) is 0.596. The highest BCUT2D eigenvalue weighted by molar-refractivity contribution is 7.98. The van der Waals surface area contributed by atoms with Gasteiger partial charge in [0.1, 0.15) is 0 Å². The zero-order valence-electron chi connectivity index (χ0n) is 8.34. The number of hydrogen-bond acceptors (Lipinski definition) is 2. The molecule has 0 saturated carbocycles. The van der Waals surface area contributed by atoms with Crippen molar-refractivity contribution in [3.63, 3.8) is 0 Å². The summed E-state index contributed by atoms with van der Waals surface area (Å²) in [6.45, 7) is 1.91. The largest absolute Gasteiger partial charge is 0.294 e. The molecular weight excluding hydrogens is 216 g/mol. The van der Waals surface area contributed by atoms with E-state index in [1.54, 1.807) is 17.8 Å². The van der Waals surface area contributed by atoms with Crippen molar-refractivity contribution >= 4 is 29.1 Å². The Kier molecular flexibility index (Phi) is 4.49.